The van der Waals surface area contributed by atoms with Crippen molar-refractivity contribution in [2.24, 2.45) is 0 Å². The highest BCUT2D eigenvalue weighted by Gasteiger charge is 2.24. The molecule has 2 N–H and O–H groups in total. The molecule has 1 fully saturated rings. The van der Waals surface area contributed by atoms with Crippen molar-refractivity contribution in [1.82, 2.24) is 10.3 Å². The molecule has 25 heavy (non-hydrogen) atoms. The molecule has 0 radical (unpaired) electrons. The Balaban J connectivity index is 1.73. The van der Waals surface area contributed by atoms with Gasteiger partial charge in [0.2, 0.25) is 5.91 Å². The van der Waals surface area contributed by atoms with Gasteiger partial charge in [0.15, 0.2) is 0 Å². The van der Waals surface area contributed by atoms with Gasteiger partial charge in [-0.1, -0.05) is 30.3 Å². The molecule has 0 bridgehead atoms. The van der Waals surface area contributed by atoms with E-state index in [1.54, 1.807) is 0 Å². The van der Waals surface area contributed by atoms with E-state index >= 15 is 0 Å². The standard InChI is InChI=1S/C19H17N3O3/c23-18(20-15-6-7-15)10-12-8-14-11-16(13-4-2-1-3-5-13)21-19(14)17(9-12)22(24)25/h1-5,8-9,11,15,21H,6-7,10H2,(H,20,23). The van der Waals surface area contributed by atoms with E-state index in [-0.39, 0.29) is 24.1 Å². The predicted molar refractivity (Wildman–Crippen MR) is 95.3 cm³/mol. The molecule has 0 saturated heterocycles. The van der Waals surface area contributed by atoms with E-state index < -0.39 is 4.92 Å². The molecule has 0 unspecified atom stereocenters. The minimum atomic E-state index is -0.407. The number of amides is 1. The van der Waals surface area contributed by atoms with Crippen LogP contribution in [0.5, 0.6) is 0 Å². The molecule has 3 aromatic rings. The second kappa shape index (κ2) is 6.05. The lowest BCUT2D eigenvalue weighted by Crippen LogP contribution is -2.26. The lowest BCUT2D eigenvalue weighted by Gasteiger charge is -2.04. The van der Waals surface area contributed by atoms with Gasteiger partial charge >= 0.3 is 0 Å². The number of H-pyrrole nitrogens is 1. The first-order valence-electron chi connectivity index (χ1n) is 8.25. The number of hydrogen-bond donors (Lipinski definition) is 2. The van der Waals surface area contributed by atoms with Crippen molar-refractivity contribution in [1.29, 1.82) is 0 Å². The van der Waals surface area contributed by atoms with Gasteiger partial charge in [-0.05, 0) is 36.1 Å². The molecule has 6 nitrogen and oxygen atoms in total. The zero-order valence-electron chi connectivity index (χ0n) is 13.5. The second-order valence-electron chi connectivity index (χ2n) is 6.40. The Morgan fingerprint density at radius 2 is 1.96 bits per heavy atom. The number of rotatable bonds is 5. The highest BCUT2D eigenvalue weighted by atomic mass is 16.6. The van der Waals surface area contributed by atoms with Crippen LogP contribution in [0.1, 0.15) is 18.4 Å². The first-order valence-corrected chi connectivity index (χ1v) is 8.25. The van der Waals surface area contributed by atoms with Gasteiger partial charge in [-0.3, -0.25) is 14.9 Å². The number of nitrogens with one attached hydrogen (secondary N) is 2. The van der Waals surface area contributed by atoms with Crippen molar-refractivity contribution >= 4 is 22.5 Å². The van der Waals surface area contributed by atoms with Gasteiger partial charge in [0.05, 0.1) is 11.3 Å². The van der Waals surface area contributed by atoms with Crippen LogP contribution in [0.4, 0.5) is 5.69 Å². The Bertz CT molecular complexity index is 959. The van der Waals surface area contributed by atoms with Crippen LogP contribution in [0, 0.1) is 10.1 Å². The van der Waals surface area contributed by atoms with Crippen LogP contribution >= 0.6 is 0 Å². The maximum atomic E-state index is 12.0. The topological polar surface area (TPSA) is 88.0 Å². The van der Waals surface area contributed by atoms with Gasteiger partial charge in [-0.15, -0.1) is 0 Å². The van der Waals surface area contributed by atoms with Crippen molar-refractivity contribution in [2.75, 3.05) is 0 Å². The highest BCUT2D eigenvalue weighted by molar-refractivity contribution is 5.94. The number of benzene rings is 2. The number of aromatic amines is 1. The molecular weight excluding hydrogens is 318 g/mol. The van der Waals surface area contributed by atoms with Crippen LogP contribution < -0.4 is 5.32 Å². The predicted octanol–water partition coefficient (Wildman–Crippen LogP) is 3.56. The van der Waals surface area contributed by atoms with Crippen LogP contribution in [0.25, 0.3) is 22.2 Å². The van der Waals surface area contributed by atoms with Crippen LogP contribution in [-0.2, 0) is 11.2 Å². The molecule has 4 rings (SSSR count). The van der Waals surface area contributed by atoms with E-state index in [1.807, 2.05) is 42.5 Å². The van der Waals surface area contributed by atoms with Crippen LogP contribution in [-0.4, -0.2) is 21.9 Å². The van der Waals surface area contributed by atoms with Gasteiger partial charge < -0.3 is 10.3 Å². The van der Waals surface area contributed by atoms with Crippen molar-refractivity contribution < 1.29 is 9.72 Å². The summed E-state index contributed by atoms with van der Waals surface area (Å²) >= 11 is 0. The maximum Gasteiger partial charge on any atom is 0.293 e. The fraction of sp³-hybridized carbons (Fsp3) is 0.211. The summed E-state index contributed by atoms with van der Waals surface area (Å²) in [6.45, 7) is 0. The average molecular weight is 335 g/mol. The monoisotopic (exact) mass is 335 g/mol. The molecule has 0 atom stereocenters. The Kier molecular flexibility index (Phi) is 3.72. The summed E-state index contributed by atoms with van der Waals surface area (Å²) in [5, 5.41) is 15.1. The summed E-state index contributed by atoms with van der Waals surface area (Å²) in [6, 6.07) is 15.2. The largest absolute Gasteiger partial charge is 0.353 e. The third-order valence-corrected chi connectivity index (χ3v) is 4.36. The van der Waals surface area contributed by atoms with Gasteiger partial charge in [0.25, 0.3) is 5.69 Å². The summed E-state index contributed by atoms with van der Waals surface area (Å²) in [6.07, 6.45) is 2.19. The van der Waals surface area contributed by atoms with Gasteiger partial charge in [0.1, 0.15) is 5.52 Å². The molecule has 1 aromatic heterocycles. The number of fused-ring (bicyclic) bond motifs is 1. The molecule has 126 valence electrons. The Hall–Kier alpha value is -3.15. The summed E-state index contributed by atoms with van der Waals surface area (Å²) < 4.78 is 0. The van der Waals surface area contributed by atoms with Gasteiger partial charge in [0, 0.05) is 23.2 Å². The summed E-state index contributed by atoms with van der Waals surface area (Å²) in [5.41, 5.74) is 2.90. The second-order valence-corrected chi connectivity index (χ2v) is 6.40. The lowest BCUT2D eigenvalue weighted by molar-refractivity contribution is -0.383. The van der Waals surface area contributed by atoms with Gasteiger partial charge in [-0.25, -0.2) is 0 Å². The normalized spacial score (nSPS) is 13.8. The molecule has 2 aromatic carbocycles. The number of nitrogens with zero attached hydrogens (tertiary/aromatic N) is 1. The van der Waals surface area contributed by atoms with Crippen LogP contribution in [0.2, 0.25) is 0 Å². The first-order chi connectivity index (χ1) is 12.1. The molecule has 1 saturated carbocycles. The van der Waals surface area contributed by atoms with E-state index in [0.717, 1.165) is 29.5 Å². The number of nitro groups is 1. The molecule has 6 heteroatoms. The number of aromatic nitrogens is 1. The van der Waals surface area contributed by atoms with E-state index in [9.17, 15) is 14.9 Å². The molecule has 1 aliphatic rings. The first kappa shape index (κ1) is 15.4. The highest BCUT2D eigenvalue weighted by Crippen LogP contribution is 2.31. The molecule has 1 amide bonds. The van der Waals surface area contributed by atoms with Crippen molar-refractivity contribution in [3.63, 3.8) is 0 Å². The fourth-order valence-corrected chi connectivity index (χ4v) is 3.00. The van der Waals surface area contributed by atoms with Crippen molar-refractivity contribution in [3.05, 3.63) is 64.2 Å². The van der Waals surface area contributed by atoms with Crippen molar-refractivity contribution in [2.45, 2.75) is 25.3 Å². The minimum absolute atomic E-state index is 0.00565. The zero-order chi connectivity index (χ0) is 17.4. The smallest absolute Gasteiger partial charge is 0.293 e. The van der Waals surface area contributed by atoms with Crippen LogP contribution in [0.3, 0.4) is 0 Å². The van der Waals surface area contributed by atoms with Crippen LogP contribution in [0.15, 0.2) is 48.5 Å². The molecule has 1 heterocycles. The Labute approximate surface area is 144 Å². The number of carbonyl (C=O) groups excluding carboxylic acids is 1. The van der Waals surface area contributed by atoms with Crippen molar-refractivity contribution in [3.8, 4) is 11.3 Å². The number of hydrogen-bond acceptors (Lipinski definition) is 3. The quantitative estimate of drug-likeness (QED) is 0.552. The summed E-state index contributed by atoms with van der Waals surface area (Å²) in [5.74, 6) is -0.0880. The summed E-state index contributed by atoms with van der Waals surface area (Å²) in [4.78, 5) is 26.2. The third-order valence-electron chi connectivity index (χ3n) is 4.36. The number of carbonyl (C=O) groups is 1. The lowest BCUT2D eigenvalue weighted by atomic mass is 10.1. The maximum absolute atomic E-state index is 12.0. The molecule has 1 aliphatic carbocycles. The molecule has 0 spiro atoms. The third kappa shape index (κ3) is 3.24. The molecule has 0 aliphatic heterocycles. The fourth-order valence-electron chi connectivity index (χ4n) is 3.00. The number of nitro benzene ring substituents is 1. The number of non-ortho nitro benzene ring substituents is 1. The van der Waals surface area contributed by atoms with Gasteiger partial charge in [-0.2, -0.15) is 0 Å². The Morgan fingerprint density at radius 1 is 1.20 bits per heavy atom. The average Bonchev–Trinajstić information content (AvgIpc) is 3.30. The van der Waals surface area contributed by atoms with E-state index in [2.05, 4.69) is 10.3 Å². The SMILES string of the molecule is O=C(Cc1cc([N+](=O)[O-])c2[nH]c(-c3ccccc3)cc2c1)NC1CC1. The van der Waals surface area contributed by atoms with E-state index in [0.29, 0.717) is 11.1 Å². The summed E-state index contributed by atoms with van der Waals surface area (Å²) in [7, 11) is 0. The van der Waals surface area contributed by atoms with E-state index in [1.165, 1.54) is 6.07 Å². The minimum Gasteiger partial charge on any atom is -0.353 e. The molecular formula is C19H17N3O3. The van der Waals surface area contributed by atoms with E-state index in [4.69, 9.17) is 0 Å². The Morgan fingerprint density at radius 3 is 2.64 bits per heavy atom. The zero-order valence-corrected chi connectivity index (χ0v) is 13.5.